The molecule has 0 aliphatic carbocycles. The van der Waals surface area contributed by atoms with Crippen molar-refractivity contribution in [2.75, 3.05) is 5.75 Å². The molecule has 0 bridgehead atoms. The van der Waals surface area contributed by atoms with E-state index < -0.39 is 29.8 Å². The van der Waals surface area contributed by atoms with E-state index in [0.717, 1.165) is 6.07 Å². The Morgan fingerprint density at radius 1 is 1.33 bits per heavy atom. The second-order valence-corrected chi connectivity index (χ2v) is 6.48. The number of aromatic nitrogens is 1. The first kappa shape index (κ1) is 12.1. The second kappa shape index (κ2) is 3.87. The minimum absolute atomic E-state index is 0.230. The molecule has 0 aliphatic heterocycles. The smallest absolute Gasteiger partial charge is 0.240 e. The molecule has 0 radical (unpaired) electrons. The number of hydrogen-bond donors (Lipinski definition) is 1. The number of primary sulfonamides is 1. The van der Waals surface area contributed by atoms with Gasteiger partial charge >= 0.3 is 0 Å². The number of rotatable bonds is 3. The van der Waals surface area contributed by atoms with Gasteiger partial charge in [0.2, 0.25) is 10.0 Å². The van der Waals surface area contributed by atoms with E-state index >= 15 is 0 Å². The van der Waals surface area contributed by atoms with Crippen molar-refractivity contribution in [2.24, 2.45) is 5.14 Å². The summed E-state index contributed by atoms with van der Waals surface area (Å²) in [5.74, 6) is -0.230. The summed E-state index contributed by atoms with van der Waals surface area (Å²) in [7, 11) is -7.75. The van der Waals surface area contributed by atoms with Gasteiger partial charge in [-0.05, 0) is 12.1 Å². The van der Waals surface area contributed by atoms with Crippen LogP contribution in [0.1, 0.15) is 6.92 Å². The van der Waals surface area contributed by atoms with Crippen LogP contribution in [0.15, 0.2) is 28.3 Å². The molecule has 8 heteroatoms. The van der Waals surface area contributed by atoms with Gasteiger partial charge in [0.25, 0.3) is 0 Å². The third kappa shape index (κ3) is 2.52. The van der Waals surface area contributed by atoms with Crippen LogP contribution in [-0.2, 0) is 19.9 Å². The normalized spacial score (nSPS) is 12.7. The Kier molecular flexibility index (Phi) is 3.12. The molecule has 84 valence electrons. The highest BCUT2D eigenvalue weighted by Crippen LogP contribution is 2.17. The molecule has 1 aromatic rings. The van der Waals surface area contributed by atoms with Crippen molar-refractivity contribution in [3.8, 4) is 0 Å². The van der Waals surface area contributed by atoms with Crippen molar-refractivity contribution in [1.29, 1.82) is 0 Å². The summed E-state index contributed by atoms with van der Waals surface area (Å²) in [6, 6.07) is 2.43. The maximum absolute atomic E-state index is 11.5. The van der Waals surface area contributed by atoms with Crippen LogP contribution in [0.3, 0.4) is 0 Å². The molecule has 6 nitrogen and oxygen atoms in total. The number of sulfone groups is 1. The van der Waals surface area contributed by atoms with Crippen LogP contribution in [0.5, 0.6) is 0 Å². The second-order valence-electron chi connectivity index (χ2n) is 2.76. The lowest BCUT2D eigenvalue weighted by molar-refractivity contribution is 0.579. The van der Waals surface area contributed by atoms with Crippen molar-refractivity contribution in [3.63, 3.8) is 0 Å². The lowest BCUT2D eigenvalue weighted by Crippen LogP contribution is -2.18. The molecular weight excluding hydrogens is 240 g/mol. The Balaban J connectivity index is 3.59. The van der Waals surface area contributed by atoms with Gasteiger partial charge < -0.3 is 0 Å². The molecule has 1 rings (SSSR count). The first-order valence-electron chi connectivity index (χ1n) is 3.99. The fourth-order valence-corrected chi connectivity index (χ4v) is 3.13. The van der Waals surface area contributed by atoms with Gasteiger partial charge in [-0.3, -0.25) is 0 Å². The van der Waals surface area contributed by atoms with Crippen LogP contribution in [0, 0.1) is 0 Å². The fourth-order valence-electron chi connectivity index (χ4n) is 0.963. The van der Waals surface area contributed by atoms with Gasteiger partial charge in [-0.25, -0.2) is 27.0 Å². The van der Waals surface area contributed by atoms with E-state index in [-0.39, 0.29) is 5.75 Å². The minimum Gasteiger partial charge on any atom is -0.243 e. The number of nitrogens with zero attached hydrogens (tertiary/aromatic N) is 1. The summed E-state index contributed by atoms with van der Waals surface area (Å²) >= 11 is 0. The molecule has 0 spiro atoms. The first-order chi connectivity index (χ1) is 6.79. The first-order valence-corrected chi connectivity index (χ1v) is 7.19. The highest BCUT2D eigenvalue weighted by atomic mass is 32.2. The van der Waals surface area contributed by atoms with E-state index in [1.165, 1.54) is 19.2 Å². The monoisotopic (exact) mass is 250 g/mol. The molecule has 2 N–H and O–H groups in total. The topological polar surface area (TPSA) is 107 Å². The van der Waals surface area contributed by atoms with E-state index in [2.05, 4.69) is 4.98 Å². The van der Waals surface area contributed by atoms with Crippen molar-refractivity contribution in [2.45, 2.75) is 16.8 Å². The van der Waals surface area contributed by atoms with Gasteiger partial charge in [0.05, 0.1) is 5.75 Å². The summed E-state index contributed by atoms with van der Waals surface area (Å²) < 4.78 is 45.2. The summed E-state index contributed by atoms with van der Waals surface area (Å²) in [5.41, 5.74) is 0. The third-order valence-corrected chi connectivity index (χ3v) is 4.46. The Labute approximate surface area is 88.1 Å². The van der Waals surface area contributed by atoms with Crippen LogP contribution in [-0.4, -0.2) is 27.6 Å². The van der Waals surface area contributed by atoms with Crippen LogP contribution in [0.25, 0.3) is 0 Å². The van der Waals surface area contributed by atoms with Gasteiger partial charge in [-0.2, -0.15) is 0 Å². The maximum Gasteiger partial charge on any atom is 0.240 e. The highest BCUT2D eigenvalue weighted by molar-refractivity contribution is 7.93. The van der Waals surface area contributed by atoms with E-state index in [9.17, 15) is 16.8 Å². The molecular formula is C7H10N2O4S2. The van der Waals surface area contributed by atoms with E-state index in [1.807, 2.05) is 0 Å². The van der Waals surface area contributed by atoms with E-state index in [4.69, 9.17) is 5.14 Å². The third-order valence-electron chi connectivity index (χ3n) is 1.72. The zero-order chi connectivity index (χ0) is 11.7. The number of hydrogen-bond acceptors (Lipinski definition) is 5. The largest absolute Gasteiger partial charge is 0.243 e. The summed E-state index contributed by atoms with van der Waals surface area (Å²) in [6.07, 6.45) is 1.21. The fraction of sp³-hybridized carbons (Fsp3) is 0.286. The van der Waals surface area contributed by atoms with Crippen molar-refractivity contribution in [1.82, 2.24) is 4.98 Å². The summed E-state index contributed by atoms with van der Waals surface area (Å²) in [6.45, 7) is 1.40. The average Bonchev–Trinajstić information content (AvgIpc) is 2.16. The van der Waals surface area contributed by atoms with Gasteiger partial charge in [-0.15, -0.1) is 0 Å². The van der Waals surface area contributed by atoms with Crippen LogP contribution >= 0.6 is 0 Å². The zero-order valence-electron chi connectivity index (χ0n) is 7.91. The van der Waals surface area contributed by atoms with Gasteiger partial charge in [0, 0.05) is 6.20 Å². The van der Waals surface area contributed by atoms with E-state index in [1.54, 1.807) is 0 Å². The molecule has 0 amide bonds. The Bertz CT molecular complexity index is 562. The number of pyridine rings is 1. The Morgan fingerprint density at radius 3 is 2.40 bits per heavy atom. The molecule has 0 fully saturated rings. The van der Waals surface area contributed by atoms with Gasteiger partial charge in [0.15, 0.2) is 14.9 Å². The van der Waals surface area contributed by atoms with Crippen molar-refractivity contribution >= 4 is 19.9 Å². The molecule has 0 aromatic carbocycles. The molecule has 0 aliphatic rings. The number of sulfonamides is 1. The van der Waals surface area contributed by atoms with E-state index in [0.29, 0.717) is 0 Å². The standard InChI is InChI=1S/C7H10N2O4S2/c1-2-14(10,11)7-6(15(8,12)13)4-3-5-9-7/h3-5H,2H2,1H3,(H2,8,12,13). The molecule has 1 heterocycles. The minimum atomic E-state index is -4.07. The lowest BCUT2D eigenvalue weighted by atomic mass is 10.5. The molecule has 1 aromatic heterocycles. The average molecular weight is 250 g/mol. The van der Waals surface area contributed by atoms with Crippen molar-refractivity contribution in [3.05, 3.63) is 18.3 Å². The predicted molar refractivity (Wildman–Crippen MR) is 53.3 cm³/mol. The van der Waals surface area contributed by atoms with Crippen LogP contribution < -0.4 is 5.14 Å². The Morgan fingerprint density at radius 2 is 1.93 bits per heavy atom. The quantitative estimate of drug-likeness (QED) is 0.779. The van der Waals surface area contributed by atoms with Gasteiger partial charge in [-0.1, -0.05) is 6.92 Å². The lowest BCUT2D eigenvalue weighted by Gasteiger charge is -2.05. The van der Waals surface area contributed by atoms with Crippen molar-refractivity contribution < 1.29 is 16.8 Å². The molecule has 0 saturated carbocycles. The zero-order valence-corrected chi connectivity index (χ0v) is 9.55. The van der Waals surface area contributed by atoms with Gasteiger partial charge in [0.1, 0.15) is 4.90 Å². The highest BCUT2D eigenvalue weighted by Gasteiger charge is 2.23. The Hall–Kier alpha value is -0.990. The number of nitrogens with two attached hydrogens (primary N) is 1. The SMILES string of the molecule is CCS(=O)(=O)c1ncccc1S(N)(=O)=O. The molecule has 0 saturated heterocycles. The van der Waals surface area contributed by atoms with Crippen LogP contribution in [0.2, 0.25) is 0 Å². The predicted octanol–water partition coefficient (Wildman–Crippen LogP) is -0.477. The molecule has 0 atom stereocenters. The maximum atomic E-state index is 11.5. The molecule has 0 unspecified atom stereocenters. The summed E-state index contributed by atoms with van der Waals surface area (Å²) in [5, 5.41) is 4.39. The molecule has 15 heavy (non-hydrogen) atoms. The van der Waals surface area contributed by atoms with Crippen LogP contribution in [0.4, 0.5) is 0 Å². The summed E-state index contributed by atoms with van der Waals surface area (Å²) in [4.78, 5) is 3.07.